The summed E-state index contributed by atoms with van der Waals surface area (Å²) in [6, 6.07) is 74.3. The number of hydrogen-bond acceptors (Lipinski definition) is 1. The minimum Gasteiger partial charge on any atom is -0.456 e. The van der Waals surface area contributed by atoms with Crippen LogP contribution < -0.4 is 0 Å². The molecule has 0 saturated heterocycles. The van der Waals surface area contributed by atoms with E-state index in [0.717, 1.165) is 50.0 Å². The van der Waals surface area contributed by atoms with Crippen molar-refractivity contribution < 1.29 is 4.42 Å². The maximum absolute atomic E-state index is 6.65. The zero-order valence-electron chi connectivity index (χ0n) is 30.9. The number of nitrogens with zero attached hydrogens (tertiary/aromatic N) is 2. The predicted molar refractivity (Wildman–Crippen MR) is 239 cm³/mol. The van der Waals surface area contributed by atoms with Gasteiger partial charge in [-0.15, -0.1) is 0 Å². The molecule has 0 unspecified atom stereocenters. The highest BCUT2D eigenvalue weighted by Gasteiger charge is 2.17. The molecule has 0 atom stereocenters. The molecule has 0 aliphatic rings. The number of rotatable bonds is 5. The lowest BCUT2D eigenvalue weighted by Crippen LogP contribution is -1.93. The third-order valence-electron chi connectivity index (χ3n) is 11.7. The average Bonchev–Trinajstić information content (AvgIpc) is 3.93. The Balaban J connectivity index is 0.921. The topological polar surface area (TPSA) is 23.0 Å². The van der Waals surface area contributed by atoms with E-state index in [-0.39, 0.29) is 0 Å². The van der Waals surface area contributed by atoms with Gasteiger partial charge in [0, 0.05) is 43.7 Å². The molecule has 266 valence electrons. The maximum atomic E-state index is 6.65. The number of furan rings is 1. The molecule has 0 saturated carbocycles. The Morgan fingerprint density at radius 2 is 0.632 bits per heavy atom. The van der Waals surface area contributed by atoms with Gasteiger partial charge in [0.2, 0.25) is 0 Å². The molecular weight excluding hydrogens is 693 g/mol. The summed E-state index contributed by atoms with van der Waals surface area (Å²) < 4.78 is 11.4. The van der Waals surface area contributed by atoms with E-state index in [0.29, 0.717) is 0 Å². The molecule has 9 aromatic carbocycles. The molecule has 0 bridgehead atoms. The van der Waals surface area contributed by atoms with E-state index >= 15 is 0 Å². The zero-order valence-corrected chi connectivity index (χ0v) is 30.9. The van der Waals surface area contributed by atoms with Crippen LogP contribution in [0.4, 0.5) is 0 Å². The monoisotopic (exact) mass is 726 g/mol. The van der Waals surface area contributed by atoms with Crippen molar-refractivity contribution in [2.45, 2.75) is 0 Å². The fourth-order valence-corrected chi connectivity index (χ4v) is 9.01. The molecule has 57 heavy (non-hydrogen) atoms. The maximum Gasteiger partial charge on any atom is 0.136 e. The zero-order chi connectivity index (χ0) is 37.5. The summed E-state index contributed by atoms with van der Waals surface area (Å²) in [5, 5.41) is 7.20. The lowest BCUT2D eigenvalue weighted by atomic mass is 9.99. The molecule has 3 heteroatoms. The van der Waals surface area contributed by atoms with Gasteiger partial charge in [0.1, 0.15) is 11.2 Å². The van der Waals surface area contributed by atoms with E-state index in [4.69, 9.17) is 4.42 Å². The molecule has 0 radical (unpaired) electrons. The molecule has 3 heterocycles. The van der Waals surface area contributed by atoms with Crippen LogP contribution in [0.2, 0.25) is 0 Å². The molecule has 3 nitrogen and oxygen atoms in total. The molecule has 0 N–H and O–H groups in total. The van der Waals surface area contributed by atoms with Crippen LogP contribution in [0.3, 0.4) is 0 Å². The van der Waals surface area contributed by atoms with E-state index in [1.807, 2.05) is 0 Å². The molecule has 12 rings (SSSR count). The standard InChI is InChI=1S/C54H34N2O/c1-3-11-35(12-4-1)36-19-25-42(26-20-36)56-50-18-10-8-16-44(50)48-32-38(24-30-52(48)56)40-22-28-46-45-27-21-39(33-53(45)57-54(46)34-40)37-23-29-51-47(31-37)43-15-7-9-17-49(43)55(51)41-13-5-2-6-14-41/h1-34H. The first-order chi connectivity index (χ1) is 28.2. The fourth-order valence-electron chi connectivity index (χ4n) is 9.01. The average molecular weight is 727 g/mol. The van der Waals surface area contributed by atoms with Crippen LogP contribution in [-0.4, -0.2) is 9.13 Å². The molecule has 3 aromatic heterocycles. The van der Waals surface area contributed by atoms with Crippen LogP contribution >= 0.6 is 0 Å². The lowest BCUT2D eigenvalue weighted by molar-refractivity contribution is 0.669. The largest absolute Gasteiger partial charge is 0.456 e. The first kappa shape index (κ1) is 31.7. The van der Waals surface area contributed by atoms with E-state index in [9.17, 15) is 0 Å². The van der Waals surface area contributed by atoms with Crippen LogP contribution in [0.1, 0.15) is 0 Å². The molecule has 0 aliphatic heterocycles. The first-order valence-corrected chi connectivity index (χ1v) is 19.5. The summed E-state index contributed by atoms with van der Waals surface area (Å²) >= 11 is 0. The van der Waals surface area contributed by atoms with Crippen molar-refractivity contribution in [3.63, 3.8) is 0 Å². The van der Waals surface area contributed by atoms with Gasteiger partial charge in [0.15, 0.2) is 0 Å². The summed E-state index contributed by atoms with van der Waals surface area (Å²) in [4.78, 5) is 0. The van der Waals surface area contributed by atoms with E-state index < -0.39 is 0 Å². The highest BCUT2D eigenvalue weighted by atomic mass is 16.3. The Morgan fingerprint density at radius 1 is 0.246 bits per heavy atom. The van der Waals surface area contributed by atoms with Crippen molar-refractivity contribution in [1.29, 1.82) is 0 Å². The SMILES string of the molecule is c1ccc(-c2ccc(-n3c4ccccc4c4cc(-c5ccc6c(c5)oc5cc(-c7ccc8c(c7)c7ccccc7n8-c7ccccc7)ccc56)ccc43)cc2)cc1. The molecule has 0 aliphatic carbocycles. The Labute approximate surface area is 328 Å². The van der Waals surface area contributed by atoms with Crippen molar-refractivity contribution >= 4 is 65.6 Å². The fraction of sp³-hybridized carbons (Fsp3) is 0. The van der Waals surface area contributed by atoms with Crippen molar-refractivity contribution in [1.82, 2.24) is 9.13 Å². The number of hydrogen-bond donors (Lipinski definition) is 0. The highest BCUT2D eigenvalue weighted by Crippen LogP contribution is 2.40. The van der Waals surface area contributed by atoms with Gasteiger partial charge < -0.3 is 13.6 Å². The second-order valence-electron chi connectivity index (χ2n) is 14.9. The second kappa shape index (κ2) is 12.5. The molecule has 12 aromatic rings. The van der Waals surface area contributed by atoms with E-state index in [1.165, 1.54) is 60.3 Å². The lowest BCUT2D eigenvalue weighted by Gasteiger charge is -2.10. The van der Waals surface area contributed by atoms with Crippen LogP contribution in [-0.2, 0) is 0 Å². The van der Waals surface area contributed by atoms with Gasteiger partial charge in [-0.05, 0) is 118 Å². The van der Waals surface area contributed by atoms with Gasteiger partial charge >= 0.3 is 0 Å². The molecular formula is C54H34N2O. The second-order valence-corrected chi connectivity index (χ2v) is 14.9. The van der Waals surface area contributed by atoms with Gasteiger partial charge in [0.05, 0.1) is 22.1 Å². The van der Waals surface area contributed by atoms with Gasteiger partial charge in [-0.25, -0.2) is 0 Å². The van der Waals surface area contributed by atoms with Crippen LogP contribution in [0.15, 0.2) is 211 Å². The summed E-state index contributed by atoms with van der Waals surface area (Å²) in [5.41, 5.74) is 15.9. The summed E-state index contributed by atoms with van der Waals surface area (Å²) in [7, 11) is 0. The Bertz CT molecular complexity index is 3490. The van der Waals surface area contributed by atoms with Crippen molar-refractivity contribution in [2.24, 2.45) is 0 Å². The third kappa shape index (κ3) is 4.99. The number of fused-ring (bicyclic) bond motifs is 9. The highest BCUT2D eigenvalue weighted by molar-refractivity contribution is 6.13. The van der Waals surface area contributed by atoms with E-state index in [1.54, 1.807) is 0 Å². The van der Waals surface area contributed by atoms with Crippen molar-refractivity contribution in [2.75, 3.05) is 0 Å². The molecule has 0 spiro atoms. The summed E-state index contributed by atoms with van der Waals surface area (Å²) in [5.74, 6) is 0. The van der Waals surface area contributed by atoms with Gasteiger partial charge in [-0.3, -0.25) is 0 Å². The quantitative estimate of drug-likeness (QED) is 0.173. The minimum atomic E-state index is 0.891. The van der Waals surface area contributed by atoms with Crippen molar-refractivity contribution in [3.05, 3.63) is 206 Å². The number of aromatic nitrogens is 2. The molecule has 0 amide bonds. The van der Waals surface area contributed by atoms with Crippen LogP contribution in [0.5, 0.6) is 0 Å². The van der Waals surface area contributed by atoms with Gasteiger partial charge in [0.25, 0.3) is 0 Å². The molecule has 0 fully saturated rings. The summed E-state index contributed by atoms with van der Waals surface area (Å²) in [6.45, 7) is 0. The van der Waals surface area contributed by atoms with Crippen molar-refractivity contribution in [3.8, 4) is 44.8 Å². The van der Waals surface area contributed by atoms with Gasteiger partial charge in [-0.2, -0.15) is 0 Å². The third-order valence-corrected chi connectivity index (χ3v) is 11.7. The first-order valence-electron chi connectivity index (χ1n) is 19.5. The smallest absolute Gasteiger partial charge is 0.136 e. The Morgan fingerprint density at radius 3 is 1.18 bits per heavy atom. The van der Waals surface area contributed by atoms with Crippen LogP contribution in [0.25, 0.3) is 110 Å². The van der Waals surface area contributed by atoms with E-state index in [2.05, 4.69) is 215 Å². The van der Waals surface area contributed by atoms with Crippen LogP contribution in [0, 0.1) is 0 Å². The van der Waals surface area contributed by atoms with Gasteiger partial charge in [-0.1, -0.05) is 121 Å². The predicted octanol–water partition coefficient (Wildman–Crippen LogP) is 14.8. The number of para-hydroxylation sites is 3. The normalized spacial score (nSPS) is 11.9. The Kier molecular flexibility index (Phi) is 6.93. The number of benzene rings is 9. The minimum absolute atomic E-state index is 0.891. The summed E-state index contributed by atoms with van der Waals surface area (Å²) in [6.07, 6.45) is 0. The Hall–Kier alpha value is -7.62.